The van der Waals surface area contributed by atoms with Crippen LogP contribution in [-0.4, -0.2) is 46.5 Å². The maximum atomic E-state index is 11.5. The Morgan fingerprint density at radius 3 is 2.90 bits per heavy atom. The van der Waals surface area contributed by atoms with Crippen LogP contribution in [0.3, 0.4) is 0 Å². The van der Waals surface area contributed by atoms with Crippen LogP contribution >= 0.6 is 0 Å². The summed E-state index contributed by atoms with van der Waals surface area (Å²) in [6.45, 7) is 0. The molecule has 0 radical (unpaired) electrons. The molecule has 0 bridgehead atoms. The van der Waals surface area contributed by atoms with E-state index in [9.17, 15) is 14.5 Å². The number of hydrogen-bond donors (Lipinski definition) is 4. The number of nitrogens with zero attached hydrogens (tertiary/aromatic N) is 4. The molecule has 31 heavy (non-hydrogen) atoms. The zero-order chi connectivity index (χ0) is 21.5. The molecule has 158 valence electrons. The SMILES string of the molecule is C[S+]([O-])Nc1cccc(-c2cc(=NC3CC3)n3ncc(=Cc4[nH]c(=O)[nH]c4O)c3n2)c1. The summed E-state index contributed by atoms with van der Waals surface area (Å²) < 4.78 is 16.1. The Hall–Kier alpha value is -3.57. The molecule has 1 atom stereocenters. The van der Waals surface area contributed by atoms with Crippen LogP contribution < -0.4 is 21.1 Å². The first-order valence-electron chi connectivity index (χ1n) is 9.62. The minimum absolute atomic E-state index is 0.240. The maximum absolute atomic E-state index is 11.5. The molecule has 11 heteroatoms. The number of anilines is 1. The molecule has 1 fully saturated rings. The molecule has 1 saturated carbocycles. The highest BCUT2D eigenvalue weighted by atomic mass is 32.2. The van der Waals surface area contributed by atoms with Crippen LogP contribution in [0.15, 0.2) is 46.3 Å². The van der Waals surface area contributed by atoms with E-state index in [1.165, 1.54) is 0 Å². The Morgan fingerprint density at radius 2 is 2.19 bits per heavy atom. The molecule has 1 aromatic carbocycles. The molecule has 0 saturated heterocycles. The van der Waals surface area contributed by atoms with E-state index in [0.29, 0.717) is 22.0 Å². The normalized spacial score (nSPS) is 16.2. The van der Waals surface area contributed by atoms with Gasteiger partial charge in [0.15, 0.2) is 11.1 Å². The van der Waals surface area contributed by atoms with Crippen molar-refractivity contribution in [2.24, 2.45) is 4.99 Å². The third kappa shape index (κ3) is 4.05. The van der Waals surface area contributed by atoms with Crippen LogP contribution in [0.2, 0.25) is 0 Å². The minimum Gasteiger partial charge on any atom is -0.593 e. The van der Waals surface area contributed by atoms with Crippen molar-refractivity contribution in [1.29, 1.82) is 0 Å². The Balaban J connectivity index is 1.71. The number of rotatable bonds is 5. The van der Waals surface area contributed by atoms with E-state index in [4.69, 9.17) is 9.98 Å². The number of benzene rings is 1. The zero-order valence-electron chi connectivity index (χ0n) is 16.5. The van der Waals surface area contributed by atoms with Crippen LogP contribution in [0.1, 0.15) is 18.5 Å². The molecule has 10 nitrogen and oxygen atoms in total. The van der Waals surface area contributed by atoms with Gasteiger partial charge < -0.3 is 14.6 Å². The van der Waals surface area contributed by atoms with Crippen molar-refractivity contribution in [2.45, 2.75) is 18.9 Å². The number of aromatic nitrogens is 5. The number of aromatic amines is 2. The molecular weight excluding hydrogens is 418 g/mol. The zero-order valence-corrected chi connectivity index (χ0v) is 17.3. The fourth-order valence-corrected chi connectivity index (χ4v) is 3.71. The maximum Gasteiger partial charge on any atom is 0.326 e. The Bertz CT molecular complexity index is 1450. The van der Waals surface area contributed by atoms with E-state index in [1.54, 1.807) is 23.0 Å². The molecule has 1 unspecified atom stereocenters. The van der Waals surface area contributed by atoms with Crippen molar-refractivity contribution in [1.82, 2.24) is 24.6 Å². The second-order valence-corrected chi connectivity index (χ2v) is 8.43. The van der Waals surface area contributed by atoms with Gasteiger partial charge in [0, 0.05) is 16.8 Å². The first-order chi connectivity index (χ1) is 15.0. The van der Waals surface area contributed by atoms with Gasteiger partial charge in [-0.25, -0.2) is 14.5 Å². The summed E-state index contributed by atoms with van der Waals surface area (Å²) in [6.07, 6.45) is 6.87. The van der Waals surface area contributed by atoms with Gasteiger partial charge in [-0.05, 0) is 31.1 Å². The van der Waals surface area contributed by atoms with Gasteiger partial charge in [0.25, 0.3) is 0 Å². The molecule has 0 amide bonds. The van der Waals surface area contributed by atoms with Gasteiger partial charge in [0.2, 0.25) is 5.88 Å². The summed E-state index contributed by atoms with van der Waals surface area (Å²) in [4.78, 5) is 25.8. The van der Waals surface area contributed by atoms with E-state index in [-0.39, 0.29) is 17.6 Å². The van der Waals surface area contributed by atoms with Crippen molar-refractivity contribution in [2.75, 3.05) is 11.0 Å². The fraction of sp³-hybridized carbons (Fsp3) is 0.200. The van der Waals surface area contributed by atoms with Gasteiger partial charge in [-0.2, -0.15) is 9.61 Å². The quantitative estimate of drug-likeness (QED) is 0.333. The smallest absolute Gasteiger partial charge is 0.326 e. The number of H-pyrrole nitrogens is 2. The minimum atomic E-state index is -1.19. The van der Waals surface area contributed by atoms with E-state index in [1.807, 2.05) is 30.3 Å². The Morgan fingerprint density at radius 1 is 1.35 bits per heavy atom. The number of hydrogen-bond acceptors (Lipinski definition) is 7. The van der Waals surface area contributed by atoms with Gasteiger partial charge in [-0.3, -0.25) is 9.98 Å². The first kappa shape index (κ1) is 19.4. The van der Waals surface area contributed by atoms with Crippen molar-refractivity contribution >= 4 is 28.8 Å². The van der Waals surface area contributed by atoms with Crippen LogP contribution in [0.5, 0.6) is 5.88 Å². The van der Waals surface area contributed by atoms with E-state index in [2.05, 4.69) is 19.8 Å². The van der Waals surface area contributed by atoms with Crippen molar-refractivity contribution in [3.05, 3.63) is 63.4 Å². The molecule has 4 N–H and O–H groups in total. The molecular formula is C20H19N7O3S. The lowest BCUT2D eigenvalue weighted by atomic mass is 10.1. The summed E-state index contributed by atoms with van der Waals surface area (Å²) in [5.41, 5.74) is 3.17. The Kier molecular flexibility index (Phi) is 4.75. The summed E-state index contributed by atoms with van der Waals surface area (Å²) >= 11 is -1.19. The van der Waals surface area contributed by atoms with Gasteiger partial charge >= 0.3 is 5.69 Å². The highest BCUT2D eigenvalue weighted by molar-refractivity contribution is 7.92. The van der Waals surface area contributed by atoms with Crippen molar-refractivity contribution < 1.29 is 9.66 Å². The predicted octanol–water partition coefficient (Wildman–Crippen LogP) is 0.435. The third-order valence-electron chi connectivity index (χ3n) is 4.80. The second kappa shape index (κ2) is 7.60. The van der Waals surface area contributed by atoms with Gasteiger partial charge in [-0.1, -0.05) is 12.1 Å². The lowest BCUT2D eigenvalue weighted by Gasteiger charge is -2.09. The van der Waals surface area contributed by atoms with E-state index >= 15 is 0 Å². The van der Waals surface area contributed by atoms with Crippen LogP contribution in [0.4, 0.5) is 5.69 Å². The molecule has 5 rings (SSSR count). The summed E-state index contributed by atoms with van der Waals surface area (Å²) in [6, 6.07) is 9.63. The molecule has 3 aromatic heterocycles. The van der Waals surface area contributed by atoms with Crippen LogP contribution in [0.25, 0.3) is 23.0 Å². The molecule has 1 aliphatic carbocycles. The second-order valence-electron chi connectivity index (χ2n) is 7.32. The van der Waals surface area contributed by atoms with Gasteiger partial charge in [-0.15, -0.1) is 0 Å². The van der Waals surface area contributed by atoms with Gasteiger partial charge in [0.05, 0.1) is 35.0 Å². The van der Waals surface area contributed by atoms with Gasteiger partial charge in [0.1, 0.15) is 11.9 Å². The molecule has 3 heterocycles. The van der Waals surface area contributed by atoms with E-state index in [0.717, 1.165) is 24.1 Å². The fourth-order valence-electron chi connectivity index (χ4n) is 3.25. The molecule has 4 aromatic rings. The number of imidazole rings is 1. The first-order valence-corrected chi connectivity index (χ1v) is 11.2. The van der Waals surface area contributed by atoms with Crippen molar-refractivity contribution in [3.63, 3.8) is 0 Å². The molecule has 0 spiro atoms. The average Bonchev–Trinajstić information content (AvgIpc) is 3.36. The monoisotopic (exact) mass is 437 g/mol. The lowest BCUT2D eigenvalue weighted by Crippen LogP contribution is -2.19. The molecule has 1 aliphatic rings. The topological polar surface area (TPSA) is 147 Å². The largest absolute Gasteiger partial charge is 0.593 e. The average molecular weight is 437 g/mol. The standard InChI is InChI=1S/C20H19N7O3S/c1-31(30)26-14-4-2-3-11(7-14)15-9-17(22-13-5-6-13)27-18(23-15)12(10-21-27)8-16-19(28)25-20(29)24-16/h2-4,7-10,13,26,28H,5-6H2,1H3,(H2,24,25,29). The molecule has 0 aliphatic heterocycles. The predicted molar refractivity (Wildman–Crippen MR) is 117 cm³/mol. The Labute approximate surface area is 178 Å². The van der Waals surface area contributed by atoms with Crippen molar-refractivity contribution in [3.8, 4) is 17.1 Å². The van der Waals surface area contributed by atoms with Crippen LogP contribution in [-0.2, 0) is 11.4 Å². The number of fused-ring (bicyclic) bond motifs is 1. The number of nitrogens with one attached hydrogen (secondary N) is 3. The van der Waals surface area contributed by atoms with E-state index < -0.39 is 17.1 Å². The lowest BCUT2D eigenvalue weighted by molar-refractivity contribution is 0.454. The highest BCUT2D eigenvalue weighted by Gasteiger charge is 2.20. The highest BCUT2D eigenvalue weighted by Crippen LogP contribution is 2.24. The summed E-state index contributed by atoms with van der Waals surface area (Å²) in [5.74, 6) is -0.255. The summed E-state index contributed by atoms with van der Waals surface area (Å²) in [7, 11) is 0. The summed E-state index contributed by atoms with van der Waals surface area (Å²) in [5, 5.41) is 14.9. The third-order valence-corrected chi connectivity index (χ3v) is 5.32. The number of aromatic hydroxyl groups is 1. The van der Waals surface area contributed by atoms with Crippen LogP contribution in [0, 0.1) is 0 Å².